The first kappa shape index (κ1) is 34.2. The zero-order chi connectivity index (χ0) is 25.0. The van der Waals surface area contributed by atoms with E-state index in [2.05, 4.69) is 20.8 Å². The number of hydrogen-bond donors (Lipinski definition) is 0. The van der Waals surface area contributed by atoms with E-state index in [0.717, 1.165) is 31.6 Å². The topological polar surface area (TPSA) is 36.9 Å². The Morgan fingerprint density at radius 3 is 1.38 bits per heavy atom. The highest BCUT2D eigenvalue weighted by atomic mass is 32.2. The Morgan fingerprint density at radius 1 is 0.529 bits per heavy atom. The van der Waals surface area contributed by atoms with E-state index in [-0.39, 0.29) is 0 Å². The standard InChI is InChI=1S/C27H55BO4S2/c1-4-7-10-13-16-19-22-29-27(33)34-26-25-32-28(30-23-20-17-14-11-8-5-2)31-24-21-18-15-12-9-6-3/h4-26H2,1-3H3. The molecule has 0 aliphatic carbocycles. The summed E-state index contributed by atoms with van der Waals surface area (Å²) >= 11 is 6.88. The summed E-state index contributed by atoms with van der Waals surface area (Å²) in [5.74, 6) is 0.757. The minimum Gasteiger partial charge on any atom is -0.479 e. The lowest BCUT2D eigenvalue weighted by molar-refractivity contribution is 0.0950. The number of thioether (sulfide) groups is 1. The van der Waals surface area contributed by atoms with Gasteiger partial charge < -0.3 is 18.7 Å². The summed E-state index contributed by atoms with van der Waals surface area (Å²) in [6, 6.07) is 0. The summed E-state index contributed by atoms with van der Waals surface area (Å²) in [6.07, 6.45) is 22.6. The molecule has 0 rings (SSSR count). The van der Waals surface area contributed by atoms with E-state index in [0.29, 0.717) is 24.2 Å². The van der Waals surface area contributed by atoms with Gasteiger partial charge in [-0.2, -0.15) is 0 Å². The van der Waals surface area contributed by atoms with Crippen LogP contribution in [0.5, 0.6) is 0 Å². The summed E-state index contributed by atoms with van der Waals surface area (Å²) in [4.78, 5) is 0. The minimum absolute atomic E-state index is 0.544. The van der Waals surface area contributed by atoms with Crippen molar-refractivity contribution >= 4 is 35.7 Å². The third kappa shape index (κ3) is 26.8. The number of rotatable bonds is 27. The Hall–Kier alpha value is 0.185. The zero-order valence-electron chi connectivity index (χ0n) is 22.8. The van der Waals surface area contributed by atoms with Gasteiger partial charge in [0, 0.05) is 25.6 Å². The van der Waals surface area contributed by atoms with Gasteiger partial charge in [-0.05, 0) is 31.5 Å². The highest BCUT2D eigenvalue weighted by Crippen LogP contribution is 2.11. The fraction of sp³-hybridized carbons (Fsp3) is 0.963. The van der Waals surface area contributed by atoms with Gasteiger partial charge in [0.25, 0.3) is 0 Å². The van der Waals surface area contributed by atoms with E-state index in [4.69, 9.17) is 30.9 Å². The minimum atomic E-state index is -0.565. The molecule has 0 radical (unpaired) electrons. The van der Waals surface area contributed by atoms with Gasteiger partial charge in [-0.1, -0.05) is 129 Å². The molecular weight excluding hydrogens is 463 g/mol. The first-order chi connectivity index (χ1) is 16.7. The fourth-order valence-corrected chi connectivity index (χ4v) is 4.46. The maximum Gasteiger partial charge on any atom is 0.639 e. The molecule has 0 fully saturated rings. The molecule has 0 N–H and O–H groups in total. The van der Waals surface area contributed by atoms with Crippen molar-refractivity contribution in [3.8, 4) is 0 Å². The predicted octanol–water partition coefficient (Wildman–Crippen LogP) is 9.14. The highest BCUT2D eigenvalue weighted by molar-refractivity contribution is 8.22. The van der Waals surface area contributed by atoms with E-state index >= 15 is 0 Å². The van der Waals surface area contributed by atoms with Crippen LogP contribution in [-0.2, 0) is 18.7 Å². The summed E-state index contributed by atoms with van der Waals surface area (Å²) < 4.78 is 24.0. The molecule has 4 nitrogen and oxygen atoms in total. The van der Waals surface area contributed by atoms with Gasteiger partial charge in [-0.3, -0.25) is 0 Å². The zero-order valence-corrected chi connectivity index (χ0v) is 24.4. The van der Waals surface area contributed by atoms with Crippen LogP contribution in [0.1, 0.15) is 136 Å². The van der Waals surface area contributed by atoms with E-state index in [1.165, 1.54) is 96.3 Å². The smallest absolute Gasteiger partial charge is 0.479 e. The molecule has 0 amide bonds. The lowest BCUT2D eigenvalue weighted by Crippen LogP contribution is -2.29. The summed E-state index contributed by atoms with van der Waals surface area (Å²) in [5.41, 5.74) is 0. The van der Waals surface area contributed by atoms with Gasteiger partial charge in [0.15, 0.2) is 0 Å². The van der Waals surface area contributed by atoms with Gasteiger partial charge in [0.1, 0.15) is 0 Å². The van der Waals surface area contributed by atoms with E-state index in [9.17, 15) is 0 Å². The SMILES string of the molecule is CCCCCCCCOB(OCCCCCCCC)OCCSC(=S)OCCCCCCCC. The first-order valence-electron chi connectivity index (χ1n) is 14.4. The molecule has 0 saturated heterocycles. The Balaban J connectivity index is 3.92. The second kappa shape index (κ2) is 29.4. The van der Waals surface area contributed by atoms with Crippen LogP contribution in [0.4, 0.5) is 0 Å². The first-order valence-corrected chi connectivity index (χ1v) is 15.8. The van der Waals surface area contributed by atoms with E-state index < -0.39 is 7.32 Å². The predicted molar refractivity (Wildman–Crippen MR) is 155 cm³/mol. The summed E-state index contributed by atoms with van der Waals surface area (Å²) in [7, 11) is -0.565. The Morgan fingerprint density at radius 2 is 0.912 bits per heavy atom. The highest BCUT2D eigenvalue weighted by Gasteiger charge is 2.21. The average molecular weight is 519 g/mol. The van der Waals surface area contributed by atoms with Crippen LogP contribution >= 0.6 is 24.0 Å². The molecule has 0 aromatic rings. The molecule has 202 valence electrons. The van der Waals surface area contributed by atoms with Crippen molar-refractivity contribution in [2.45, 2.75) is 136 Å². The molecule has 0 aromatic heterocycles. The molecule has 0 saturated carbocycles. The van der Waals surface area contributed by atoms with Crippen LogP contribution in [-0.4, -0.2) is 43.9 Å². The van der Waals surface area contributed by atoms with E-state index in [1.807, 2.05) is 0 Å². The van der Waals surface area contributed by atoms with Gasteiger partial charge in [-0.15, -0.1) is 0 Å². The second-order valence-electron chi connectivity index (χ2n) is 9.15. The molecule has 0 heterocycles. The Bertz CT molecular complexity index is 398. The van der Waals surface area contributed by atoms with Crippen LogP contribution in [0.3, 0.4) is 0 Å². The molecule has 0 aliphatic rings. The molecular formula is C27H55BO4S2. The number of thiocarbonyl (C=S) groups is 1. The van der Waals surface area contributed by atoms with Gasteiger partial charge >= 0.3 is 7.32 Å². The lowest BCUT2D eigenvalue weighted by atomic mass is 10.1. The summed E-state index contributed by atoms with van der Waals surface area (Å²) in [5, 5.41) is 0. The fourth-order valence-electron chi connectivity index (χ4n) is 3.62. The third-order valence-electron chi connectivity index (χ3n) is 5.78. The molecule has 7 heteroatoms. The molecule has 0 aliphatic heterocycles. The van der Waals surface area contributed by atoms with Gasteiger partial charge in [0.2, 0.25) is 4.38 Å². The molecule has 0 atom stereocenters. The largest absolute Gasteiger partial charge is 0.639 e. The van der Waals surface area contributed by atoms with Crippen molar-refractivity contribution in [2.24, 2.45) is 0 Å². The van der Waals surface area contributed by atoms with Crippen LogP contribution in [0.2, 0.25) is 0 Å². The van der Waals surface area contributed by atoms with Gasteiger partial charge in [-0.25, -0.2) is 0 Å². The normalized spacial score (nSPS) is 11.1. The Labute approximate surface area is 222 Å². The number of hydrogen-bond acceptors (Lipinski definition) is 6. The average Bonchev–Trinajstić information content (AvgIpc) is 2.84. The third-order valence-corrected chi connectivity index (χ3v) is 6.97. The van der Waals surface area contributed by atoms with Crippen LogP contribution in [0.25, 0.3) is 0 Å². The van der Waals surface area contributed by atoms with Crippen LogP contribution in [0.15, 0.2) is 0 Å². The summed E-state index contributed by atoms with van der Waals surface area (Å²) in [6.45, 7) is 9.40. The molecule has 0 bridgehead atoms. The van der Waals surface area contributed by atoms with Crippen molar-refractivity contribution in [3.63, 3.8) is 0 Å². The maximum absolute atomic E-state index is 5.90. The van der Waals surface area contributed by atoms with Gasteiger partial charge in [0.05, 0.1) is 6.61 Å². The lowest BCUT2D eigenvalue weighted by Gasteiger charge is -2.15. The molecule has 0 spiro atoms. The van der Waals surface area contributed by atoms with Crippen molar-refractivity contribution in [3.05, 3.63) is 0 Å². The molecule has 0 unspecified atom stereocenters. The quantitative estimate of drug-likeness (QED) is 0.0613. The molecule has 34 heavy (non-hydrogen) atoms. The van der Waals surface area contributed by atoms with Crippen LogP contribution in [0, 0.1) is 0 Å². The van der Waals surface area contributed by atoms with Crippen LogP contribution < -0.4 is 0 Å². The molecule has 0 aromatic carbocycles. The monoisotopic (exact) mass is 518 g/mol. The van der Waals surface area contributed by atoms with Crippen molar-refractivity contribution in [1.82, 2.24) is 0 Å². The van der Waals surface area contributed by atoms with Crippen molar-refractivity contribution < 1.29 is 18.7 Å². The maximum atomic E-state index is 5.90. The van der Waals surface area contributed by atoms with Crippen molar-refractivity contribution in [1.29, 1.82) is 0 Å². The number of ether oxygens (including phenoxy) is 1. The Kier molecular flexibility index (Phi) is 29.6. The van der Waals surface area contributed by atoms with E-state index in [1.54, 1.807) is 11.8 Å². The number of unbranched alkanes of at least 4 members (excludes halogenated alkanes) is 15. The second-order valence-corrected chi connectivity index (χ2v) is 10.8. The van der Waals surface area contributed by atoms with Crippen molar-refractivity contribution in [2.75, 3.05) is 32.2 Å².